The Bertz CT molecular complexity index is 1200. The summed E-state index contributed by atoms with van der Waals surface area (Å²) >= 11 is 1.84. The van der Waals surface area contributed by atoms with Crippen molar-refractivity contribution < 1.29 is 14.0 Å². The first-order valence-corrected chi connectivity index (χ1v) is 14.8. The maximum Gasteiger partial charge on any atom is 0.263 e. The second kappa shape index (κ2) is 13.9. The largest absolute Gasteiger partial charge is 0.381 e. The van der Waals surface area contributed by atoms with Gasteiger partial charge in [0.25, 0.3) is 5.01 Å². The maximum absolute atomic E-state index is 6.51. The van der Waals surface area contributed by atoms with Crippen LogP contribution in [0.3, 0.4) is 0 Å². The summed E-state index contributed by atoms with van der Waals surface area (Å²) in [5, 5.41) is 1.25. The van der Waals surface area contributed by atoms with Gasteiger partial charge in [-0.05, 0) is 43.0 Å². The van der Waals surface area contributed by atoms with Gasteiger partial charge in [-0.1, -0.05) is 75.3 Å². The van der Waals surface area contributed by atoms with Crippen molar-refractivity contribution in [3.8, 4) is 0 Å². The number of anilines is 1. The molecule has 0 amide bonds. The van der Waals surface area contributed by atoms with Crippen LogP contribution in [0.4, 0.5) is 5.69 Å². The lowest BCUT2D eigenvalue weighted by Crippen LogP contribution is -2.39. The zero-order valence-electron chi connectivity index (χ0n) is 23.0. The van der Waals surface area contributed by atoms with Crippen molar-refractivity contribution >= 4 is 38.9 Å². The van der Waals surface area contributed by atoms with Crippen LogP contribution in [0, 0.1) is 5.92 Å². The number of unbranched alkanes of at least 4 members (excludes halogenated alkanes) is 2. The van der Waals surface area contributed by atoms with Crippen molar-refractivity contribution in [2.75, 3.05) is 31.3 Å². The van der Waals surface area contributed by atoms with E-state index in [0.29, 0.717) is 5.92 Å². The van der Waals surface area contributed by atoms with E-state index in [4.69, 9.17) is 9.47 Å². The SMILES string of the molecule is CCCCOC[C@@H](CC)[C@@H](CN1C=C/C(=C\c2sc3ccccc3[n+]2C)c2ccccc21)OCCCC. The third-order valence-corrected chi connectivity index (χ3v) is 8.41. The fourth-order valence-corrected chi connectivity index (χ4v) is 5.96. The monoisotopic (exact) mass is 519 g/mol. The zero-order chi connectivity index (χ0) is 26.0. The highest BCUT2D eigenvalue weighted by Gasteiger charge is 2.26. The van der Waals surface area contributed by atoms with Gasteiger partial charge in [-0.25, -0.2) is 0 Å². The Labute approximate surface area is 227 Å². The van der Waals surface area contributed by atoms with Gasteiger partial charge >= 0.3 is 0 Å². The highest BCUT2D eigenvalue weighted by atomic mass is 32.1. The van der Waals surface area contributed by atoms with Gasteiger partial charge in [0.1, 0.15) is 11.7 Å². The lowest BCUT2D eigenvalue weighted by atomic mass is 9.96. The Kier molecular flexibility index (Phi) is 10.4. The van der Waals surface area contributed by atoms with E-state index < -0.39 is 0 Å². The van der Waals surface area contributed by atoms with Crippen molar-refractivity contribution in [3.63, 3.8) is 0 Å². The number of hydrogen-bond acceptors (Lipinski definition) is 4. The minimum absolute atomic E-state index is 0.127. The van der Waals surface area contributed by atoms with Gasteiger partial charge in [0.2, 0.25) is 5.52 Å². The van der Waals surface area contributed by atoms with E-state index in [9.17, 15) is 0 Å². The number of aryl methyl sites for hydroxylation is 1. The first kappa shape index (κ1) is 27.6. The van der Waals surface area contributed by atoms with E-state index in [0.717, 1.165) is 58.5 Å². The first-order valence-electron chi connectivity index (χ1n) is 14.0. The molecule has 0 spiro atoms. The summed E-state index contributed by atoms with van der Waals surface area (Å²) in [6, 6.07) is 17.4. The van der Waals surface area contributed by atoms with Gasteiger partial charge in [0, 0.05) is 55.3 Å². The molecule has 0 saturated heterocycles. The molecule has 0 aliphatic carbocycles. The fourth-order valence-electron chi connectivity index (χ4n) is 4.85. The Hall–Kier alpha value is -2.47. The minimum atomic E-state index is 0.127. The molecule has 2 atom stereocenters. The fraction of sp³-hybridized carbons (Fsp3) is 0.469. The maximum atomic E-state index is 6.51. The summed E-state index contributed by atoms with van der Waals surface area (Å²) in [5.74, 6) is 0.379. The van der Waals surface area contributed by atoms with Crippen LogP contribution < -0.4 is 9.47 Å². The standard InChI is InChI=1S/C32H43N2O2S/c1-5-8-20-35-24-25(7-3)30(36-21-9-6-2)23-34-19-18-26(27-14-10-11-15-28(27)34)22-32-33(4)29-16-12-13-17-31(29)37-32/h10-19,22,25,30H,5-9,20-21,23-24H2,1-4H3/q+1/t25-,30-/m1/s1. The molecule has 5 heteroatoms. The number of nitrogens with zero attached hydrogens (tertiary/aromatic N) is 2. The predicted octanol–water partition coefficient (Wildman–Crippen LogP) is 7.63. The van der Waals surface area contributed by atoms with Crippen molar-refractivity contribution in [2.45, 2.75) is 59.0 Å². The molecule has 1 aliphatic heterocycles. The van der Waals surface area contributed by atoms with Gasteiger partial charge < -0.3 is 14.4 Å². The van der Waals surface area contributed by atoms with Crippen molar-refractivity contribution in [1.29, 1.82) is 0 Å². The predicted molar refractivity (Wildman–Crippen MR) is 158 cm³/mol. The van der Waals surface area contributed by atoms with Crippen LogP contribution >= 0.6 is 11.3 Å². The van der Waals surface area contributed by atoms with Crippen LogP contribution in [0.5, 0.6) is 0 Å². The van der Waals surface area contributed by atoms with E-state index in [1.807, 2.05) is 11.3 Å². The van der Waals surface area contributed by atoms with Crippen LogP contribution in [-0.4, -0.2) is 32.5 Å². The summed E-state index contributed by atoms with van der Waals surface area (Å²) < 4.78 is 16.2. The van der Waals surface area contributed by atoms with Gasteiger partial charge in [0.15, 0.2) is 0 Å². The molecule has 1 aliphatic rings. The van der Waals surface area contributed by atoms with E-state index in [1.165, 1.54) is 32.0 Å². The lowest BCUT2D eigenvalue weighted by molar-refractivity contribution is -0.642. The number of rotatable bonds is 14. The molecular weight excluding hydrogens is 476 g/mol. The average molecular weight is 520 g/mol. The van der Waals surface area contributed by atoms with Crippen LogP contribution in [0.2, 0.25) is 0 Å². The second-order valence-electron chi connectivity index (χ2n) is 9.91. The number of aromatic nitrogens is 1. The van der Waals surface area contributed by atoms with Gasteiger partial charge in [-0.15, -0.1) is 0 Å². The topological polar surface area (TPSA) is 25.6 Å². The summed E-state index contributed by atoms with van der Waals surface area (Å²) in [5.41, 5.74) is 5.02. The first-order chi connectivity index (χ1) is 18.2. The van der Waals surface area contributed by atoms with E-state index in [1.54, 1.807) is 0 Å². The van der Waals surface area contributed by atoms with Crippen LogP contribution in [-0.2, 0) is 16.5 Å². The highest BCUT2D eigenvalue weighted by molar-refractivity contribution is 7.18. The molecule has 2 heterocycles. The van der Waals surface area contributed by atoms with Gasteiger partial charge in [-0.2, -0.15) is 4.57 Å². The summed E-state index contributed by atoms with van der Waals surface area (Å²) in [4.78, 5) is 2.38. The number of benzene rings is 2. The quantitative estimate of drug-likeness (QED) is 0.162. The van der Waals surface area contributed by atoms with Crippen LogP contribution in [0.1, 0.15) is 63.4 Å². The molecular formula is C32H43N2O2S+. The highest BCUT2D eigenvalue weighted by Crippen LogP contribution is 2.35. The van der Waals surface area contributed by atoms with E-state index in [-0.39, 0.29) is 6.10 Å². The third kappa shape index (κ3) is 6.90. The molecule has 0 radical (unpaired) electrons. The molecule has 0 fully saturated rings. The number of hydrogen-bond donors (Lipinski definition) is 0. The summed E-state index contributed by atoms with van der Waals surface area (Å²) in [6.07, 6.45) is 12.5. The molecule has 0 unspecified atom stereocenters. The molecule has 198 valence electrons. The molecule has 1 aromatic heterocycles. The normalized spacial score (nSPS) is 15.9. The second-order valence-corrected chi connectivity index (χ2v) is 11.0. The smallest absolute Gasteiger partial charge is 0.263 e. The Balaban J connectivity index is 1.58. The third-order valence-electron chi connectivity index (χ3n) is 7.24. The molecule has 2 aromatic carbocycles. The van der Waals surface area contributed by atoms with Crippen LogP contribution in [0.25, 0.3) is 21.9 Å². The van der Waals surface area contributed by atoms with Crippen molar-refractivity contribution in [3.05, 3.63) is 71.4 Å². The number of allylic oxidation sites excluding steroid dienone is 2. The lowest BCUT2D eigenvalue weighted by Gasteiger charge is -2.34. The number of para-hydroxylation sites is 2. The van der Waals surface area contributed by atoms with E-state index in [2.05, 4.69) is 104 Å². The summed E-state index contributed by atoms with van der Waals surface area (Å²) in [7, 11) is 2.15. The van der Waals surface area contributed by atoms with E-state index >= 15 is 0 Å². The molecule has 4 nitrogen and oxygen atoms in total. The molecule has 0 N–H and O–H groups in total. The number of fused-ring (bicyclic) bond motifs is 2. The average Bonchev–Trinajstić information content (AvgIpc) is 3.24. The summed E-state index contributed by atoms with van der Waals surface area (Å²) in [6.45, 7) is 9.93. The molecule has 3 aromatic rings. The van der Waals surface area contributed by atoms with Gasteiger partial charge in [0.05, 0.1) is 12.7 Å². The molecule has 4 rings (SSSR count). The van der Waals surface area contributed by atoms with Crippen molar-refractivity contribution in [2.24, 2.45) is 13.0 Å². The van der Waals surface area contributed by atoms with Crippen LogP contribution in [0.15, 0.2) is 60.8 Å². The zero-order valence-corrected chi connectivity index (χ0v) is 23.8. The number of ether oxygens (including phenoxy) is 2. The molecule has 37 heavy (non-hydrogen) atoms. The number of thiazole rings is 1. The Morgan fingerprint density at radius 1 is 0.973 bits per heavy atom. The molecule has 0 bridgehead atoms. The minimum Gasteiger partial charge on any atom is -0.381 e. The van der Waals surface area contributed by atoms with Gasteiger partial charge in [-0.3, -0.25) is 0 Å². The Morgan fingerprint density at radius 3 is 2.51 bits per heavy atom. The van der Waals surface area contributed by atoms with Crippen molar-refractivity contribution in [1.82, 2.24) is 0 Å². The molecule has 0 saturated carbocycles. The Morgan fingerprint density at radius 2 is 1.73 bits per heavy atom.